The van der Waals surface area contributed by atoms with E-state index in [9.17, 15) is 27.7 Å². The summed E-state index contributed by atoms with van der Waals surface area (Å²) in [5, 5.41) is 21.8. The predicted molar refractivity (Wildman–Crippen MR) is 139 cm³/mol. The third kappa shape index (κ3) is 5.67. The second-order valence-corrected chi connectivity index (χ2v) is 11.4. The first-order chi connectivity index (χ1) is 17.4. The number of carbonyl (C=O) groups is 1. The zero-order valence-corrected chi connectivity index (χ0v) is 21.9. The number of anilines is 1. The van der Waals surface area contributed by atoms with Crippen molar-refractivity contribution in [3.8, 4) is 11.3 Å². The highest BCUT2D eigenvalue weighted by Gasteiger charge is 2.37. The van der Waals surface area contributed by atoms with Crippen molar-refractivity contribution in [3.63, 3.8) is 0 Å². The molecule has 198 valence electrons. The average Bonchev–Trinajstić information content (AvgIpc) is 3.60. The number of amides is 1. The summed E-state index contributed by atoms with van der Waals surface area (Å²) in [4.78, 5) is 13.0. The lowest BCUT2D eigenvalue weighted by Gasteiger charge is -2.35. The van der Waals surface area contributed by atoms with Crippen molar-refractivity contribution in [1.82, 2.24) is 5.32 Å². The molecule has 4 rings (SSSR count). The number of fused-ring (bicyclic) bond motifs is 1. The Morgan fingerprint density at radius 3 is 2.41 bits per heavy atom. The molecule has 3 N–H and O–H groups in total. The fourth-order valence-electron chi connectivity index (χ4n) is 4.44. The molecule has 1 aliphatic carbocycles. The van der Waals surface area contributed by atoms with E-state index in [1.54, 1.807) is 26.0 Å². The van der Waals surface area contributed by atoms with Crippen LogP contribution in [0.1, 0.15) is 48.5 Å². The Bertz CT molecular complexity index is 1400. The van der Waals surface area contributed by atoms with Crippen molar-refractivity contribution < 1.29 is 36.8 Å². The number of hydrogen-bond donors (Lipinski definition) is 3. The number of furan rings is 1. The fraction of sp³-hybridized carbons (Fsp3) is 0.400. The fourth-order valence-corrected chi connectivity index (χ4v) is 5.63. The van der Waals surface area contributed by atoms with Crippen LogP contribution in [0.25, 0.3) is 22.3 Å². The van der Waals surface area contributed by atoms with Gasteiger partial charge in [-0.1, -0.05) is 13.8 Å². The van der Waals surface area contributed by atoms with Gasteiger partial charge in [0.15, 0.2) is 0 Å². The van der Waals surface area contributed by atoms with Crippen LogP contribution >= 0.6 is 0 Å². The molecule has 1 saturated carbocycles. The van der Waals surface area contributed by atoms with Crippen molar-refractivity contribution in [2.45, 2.75) is 38.8 Å². The minimum atomic E-state index is -3.91. The molecule has 0 unspecified atom stereocenters. The van der Waals surface area contributed by atoms with Gasteiger partial charge in [0.1, 0.15) is 23.4 Å². The zero-order chi connectivity index (χ0) is 27.1. The van der Waals surface area contributed by atoms with Crippen molar-refractivity contribution in [3.05, 3.63) is 53.3 Å². The van der Waals surface area contributed by atoms with E-state index in [-0.39, 0.29) is 28.7 Å². The summed E-state index contributed by atoms with van der Waals surface area (Å²) < 4.78 is 52.7. The summed E-state index contributed by atoms with van der Waals surface area (Å²) in [6.45, 7) is 3.06. The van der Waals surface area contributed by atoms with E-state index < -0.39 is 41.6 Å². The van der Waals surface area contributed by atoms with Crippen LogP contribution in [0.4, 0.5) is 10.1 Å². The van der Waals surface area contributed by atoms with Crippen LogP contribution in [0, 0.1) is 11.7 Å². The number of nitrogens with zero attached hydrogens (tertiary/aromatic N) is 1. The molecule has 1 amide bonds. The van der Waals surface area contributed by atoms with Gasteiger partial charge in [-0.15, -0.1) is 0 Å². The highest BCUT2D eigenvalue weighted by atomic mass is 32.2. The summed E-state index contributed by atoms with van der Waals surface area (Å²) in [5.41, 5.74) is 2.09. The van der Waals surface area contributed by atoms with Crippen LogP contribution in [0.2, 0.25) is 0 Å². The molecule has 0 spiro atoms. The molecule has 37 heavy (non-hydrogen) atoms. The van der Waals surface area contributed by atoms with Crippen molar-refractivity contribution in [2.75, 3.05) is 24.1 Å². The highest BCUT2D eigenvalue weighted by molar-refractivity contribution is 7.92. The van der Waals surface area contributed by atoms with Gasteiger partial charge in [0, 0.05) is 24.1 Å². The lowest BCUT2D eigenvalue weighted by atomic mass is 9.94. The van der Waals surface area contributed by atoms with Gasteiger partial charge in [-0.3, -0.25) is 4.79 Å². The van der Waals surface area contributed by atoms with Gasteiger partial charge < -0.3 is 24.5 Å². The van der Waals surface area contributed by atoms with E-state index in [0.29, 0.717) is 22.2 Å². The molecule has 3 aromatic rings. The molecule has 12 heteroatoms. The van der Waals surface area contributed by atoms with Crippen LogP contribution in [-0.4, -0.2) is 57.5 Å². The molecule has 0 radical (unpaired) electrons. The Balaban J connectivity index is 1.97. The molecule has 1 aromatic heterocycles. The second-order valence-electron chi connectivity index (χ2n) is 9.58. The third-order valence-corrected chi connectivity index (χ3v) is 7.35. The van der Waals surface area contributed by atoms with E-state index in [4.69, 9.17) is 9.15 Å². The molecule has 0 aliphatic heterocycles. The Morgan fingerprint density at radius 2 is 1.89 bits per heavy atom. The molecular formula is C25H30BFN2O7S. The first-order valence-corrected chi connectivity index (χ1v) is 13.8. The van der Waals surface area contributed by atoms with Crippen LogP contribution in [0.5, 0.6) is 0 Å². The molecule has 0 bridgehead atoms. The van der Waals surface area contributed by atoms with E-state index in [1.807, 2.05) is 0 Å². The standard InChI is InChI=1S/C25H30BFN2O7S/c1-14(2)25(35-13-26(31)32)29(37(4,33)34)20-12-21-19(11-18(20)15-5-6-15)22(24(30)28-3)23(36-21)16-7-9-17(27)10-8-16/h7-12,14-15,25,31-32H,5-6,13H2,1-4H3,(H,28,30)/t25-/m1/s1. The molecule has 1 atom stereocenters. The quantitative estimate of drug-likeness (QED) is 0.270. The molecule has 0 saturated heterocycles. The van der Waals surface area contributed by atoms with Gasteiger partial charge in [0.2, 0.25) is 10.0 Å². The minimum absolute atomic E-state index is 0.0709. The Kier molecular flexibility index (Phi) is 7.66. The smallest absolute Gasteiger partial charge is 0.455 e. The largest absolute Gasteiger partial charge is 0.479 e. The Hall–Kier alpha value is -2.93. The van der Waals surface area contributed by atoms with Crippen molar-refractivity contribution in [1.29, 1.82) is 0 Å². The van der Waals surface area contributed by atoms with Crippen LogP contribution in [0.15, 0.2) is 40.8 Å². The Labute approximate surface area is 215 Å². The summed E-state index contributed by atoms with van der Waals surface area (Å²) >= 11 is 0. The molecule has 1 fully saturated rings. The SMILES string of the molecule is CNC(=O)c1c(-c2ccc(F)cc2)oc2cc(N([C@H](OCB(O)O)C(C)C)S(C)(=O)=O)c(C3CC3)cc12. The molecule has 1 heterocycles. The summed E-state index contributed by atoms with van der Waals surface area (Å²) in [6.07, 6.45) is 1.72. The number of nitrogens with one attached hydrogen (secondary N) is 1. The van der Waals surface area contributed by atoms with Gasteiger partial charge in [-0.25, -0.2) is 17.1 Å². The number of sulfonamides is 1. The number of benzene rings is 2. The highest BCUT2D eigenvalue weighted by Crippen LogP contribution is 2.48. The van der Waals surface area contributed by atoms with Crippen LogP contribution < -0.4 is 9.62 Å². The lowest BCUT2D eigenvalue weighted by Crippen LogP contribution is -2.46. The monoisotopic (exact) mass is 532 g/mol. The topological polar surface area (TPSA) is 129 Å². The second kappa shape index (κ2) is 10.4. The van der Waals surface area contributed by atoms with E-state index in [0.717, 1.165) is 23.4 Å². The first kappa shape index (κ1) is 27.1. The number of hydrogen-bond acceptors (Lipinski definition) is 7. The minimum Gasteiger partial charge on any atom is -0.455 e. The van der Waals surface area contributed by atoms with Crippen molar-refractivity contribution in [2.24, 2.45) is 5.92 Å². The van der Waals surface area contributed by atoms with Crippen LogP contribution in [0.3, 0.4) is 0 Å². The molecule has 2 aromatic carbocycles. The van der Waals surface area contributed by atoms with Gasteiger partial charge in [-0.2, -0.15) is 0 Å². The van der Waals surface area contributed by atoms with Gasteiger partial charge in [-0.05, 0) is 60.6 Å². The number of ether oxygens (including phenoxy) is 1. The van der Waals surface area contributed by atoms with E-state index >= 15 is 0 Å². The van der Waals surface area contributed by atoms with Gasteiger partial charge in [0.05, 0.1) is 24.0 Å². The predicted octanol–water partition coefficient (Wildman–Crippen LogP) is 3.25. The number of carbonyl (C=O) groups excluding carboxylic acids is 1. The lowest BCUT2D eigenvalue weighted by molar-refractivity contribution is 0.0477. The molecule has 1 aliphatic rings. The van der Waals surface area contributed by atoms with Gasteiger partial charge >= 0.3 is 7.12 Å². The maximum atomic E-state index is 13.6. The summed E-state index contributed by atoms with van der Waals surface area (Å²) in [7, 11) is -4.18. The number of halogens is 1. The van der Waals surface area contributed by atoms with E-state index in [1.165, 1.54) is 31.3 Å². The maximum Gasteiger partial charge on any atom is 0.479 e. The molecule has 9 nitrogen and oxygen atoms in total. The first-order valence-electron chi connectivity index (χ1n) is 12.0. The third-order valence-electron chi connectivity index (χ3n) is 6.23. The van der Waals surface area contributed by atoms with Crippen LogP contribution in [-0.2, 0) is 14.8 Å². The zero-order valence-electron chi connectivity index (χ0n) is 21.1. The number of rotatable bonds is 10. The average molecular weight is 532 g/mol. The normalized spacial score (nSPS) is 14.7. The van der Waals surface area contributed by atoms with E-state index in [2.05, 4.69) is 5.32 Å². The summed E-state index contributed by atoms with van der Waals surface area (Å²) in [5.74, 6) is -0.867. The summed E-state index contributed by atoms with van der Waals surface area (Å²) in [6, 6.07) is 8.91. The Morgan fingerprint density at radius 1 is 1.24 bits per heavy atom. The van der Waals surface area contributed by atoms with Gasteiger partial charge in [0.25, 0.3) is 5.91 Å². The molecular weight excluding hydrogens is 502 g/mol. The maximum absolute atomic E-state index is 13.6. The van der Waals surface area contributed by atoms with Crippen molar-refractivity contribution >= 4 is 39.7 Å².